The molecule has 1 aliphatic heterocycles. The lowest BCUT2D eigenvalue weighted by Gasteiger charge is -2.22. The van der Waals surface area contributed by atoms with E-state index in [9.17, 15) is 9.59 Å². The average molecular weight is 294 g/mol. The lowest BCUT2D eigenvalue weighted by atomic mass is 10.0. The van der Waals surface area contributed by atoms with Crippen LogP contribution in [0.3, 0.4) is 0 Å². The SMILES string of the molecule is CC(CNC(=O)N1CSC[C@H]1C(=O)O)c1ccccc1. The molecule has 0 bridgehead atoms. The second-order valence-corrected chi connectivity index (χ2v) is 5.82. The van der Waals surface area contributed by atoms with E-state index in [0.29, 0.717) is 18.2 Å². The van der Waals surface area contributed by atoms with Crippen molar-refractivity contribution in [2.24, 2.45) is 0 Å². The minimum absolute atomic E-state index is 0.193. The summed E-state index contributed by atoms with van der Waals surface area (Å²) in [6.45, 7) is 2.53. The van der Waals surface area contributed by atoms with E-state index >= 15 is 0 Å². The largest absolute Gasteiger partial charge is 0.480 e. The smallest absolute Gasteiger partial charge is 0.327 e. The Morgan fingerprint density at radius 1 is 1.45 bits per heavy atom. The van der Waals surface area contributed by atoms with Gasteiger partial charge in [0.2, 0.25) is 0 Å². The van der Waals surface area contributed by atoms with Crippen LogP contribution in [-0.2, 0) is 4.79 Å². The number of amides is 2. The molecule has 1 aliphatic rings. The molecule has 1 unspecified atom stereocenters. The van der Waals surface area contributed by atoms with E-state index in [4.69, 9.17) is 5.11 Å². The maximum atomic E-state index is 12.0. The molecule has 0 radical (unpaired) electrons. The van der Waals surface area contributed by atoms with E-state index in [1.165, 1.54) is 16.7 Å². The molecule has 2 atom stereocenters. The van der Waals surface area contributed by atoms with Gasteiger partial charge in [0.25, 0.3) is 0 Å². The number of hydrogen-bond donors (Lipinski definition) is 2. The van der Waals surface area contributed by atoms with Crippen molar-refractivity contribution in [2.75, 3.05) is 18.2 Å². The molecule has 2 N–H and O–H groups in total. The molecule has 1 aromatic carbocycles. The second-order valence-electron chi connectivity index (χ2n) is 4.82. The van der Waals surface area contributed by atoms with Crippen molar-refractivity contribution in [3.63, 3.8) is 0 Å². The third-order valence-corrected chi connectivity index (χ3v) is 4.37. The summed E-state index contributed by atoms with van der Waals surface area (Å²) in [5.74, 6) is 0.138. The second kappa shape index (κ2) is 6.65. The summed E-state index contributed by atoms with van der Waals surface area (Å²) in [6, 6.07) is 8.90. The first kappa shape index (κ1) is 14.7. The van der Waals surface area contributed by atoms with Gasteiger partial charge in [0, 0.05) is 12.3 Å². The predicted molar refractivity (Wildman–Crippen MR) is 78.8 cm³/mol. The van der Waals surface area contributed by atoms with Crippen LogP contribution < -0.4 is 5.32 Å². The number of carboxylic acid groups (broad SMARTS) is 1. The third-order valence-electron chi connectivity index (χ3n) is 3.36. The van der Waals surface area contributed by atoms with Crippen molar-refractivity contribution in [1.29, 1.82) is 0 Å². The summed E-state index contributed by atoms with van der Waals surface area (Å²) in [7, 11) is 0. The number of benzene rings is 1. The molecule has 108 valence electrons. The molecule has 2 rings (SSSR count). The zero-order chi connectivity index (χ0) is 14.5. The highest BCUT2D eigenvalue weighted by Crippen LogP contribution is 2.21. The van der Waals surface area contributed by atoms with E-state index in [1.54, 1.807) is 0 Å². The first-order chi connectivity index (χ1) is 9.59. The molecule has 20 heavy (non-hydrogen) atoms. The van der Waals surface area contributed by atoms with Crippen LogP contribution in [0, 0.1) is 0 Å². The summed E-state index contributed by atoms with van der Waals surface area (Å²) in [6.07, 6.45) is 0. The van der Waals surface area contributed by atoms with Gasteiger partial charge in [-0.3, -0.25) is 0 Å². The number of rotatable bonds is 4. The highest BCUT2D eigenvalue weighted by Gasteiger charge is 2.34. The van der Waals surface area contributed by atoms with Crippen LogP contribution in [0.1, 0.15) is 18.4 Å². The number of carbonyl (C=O) groups excluding carboxylic acids is 1. The monoisotopic (exact) mass is 294 g/mol. The number of hydrogen-bond acceptors (Lipinski definition) is 3. The summed E-state index contributed by atoms with van der Waals surface area (Å²) < 4.78 is 0. The minimum atomic E-state index is -0.943. The summed E-state index contributed by atoms with van der Waals surface area (Å²) >= 11 is 1.46. The Morgan fingerprint density at radius 3 is 2.80 bits per heavy atom. The van der Waals surface area contributed by atoms with Gasteiger partial charge in [0.15, 0.2) is 0 Å². The first-order valence-electron chi connectivity index (χ1n) is 6.49. The average Bonchev–Trinajstić information content (AvgIpc) is 2.95. The number of carboxylic acids is 1. The van der Waals surface area contributed by atoms with Crippen LogP contribution in [-0.4, -0.2) is 46.2 Å². The van der Waals surface area contributed by atoms with Crippen molar-refractivity contribution in [1.82, 2.24) is 10.2 Å². The van der Waals surface area contributed by atoms with E-state index in [2.05, 4.69) is 5.32 Å². The molecule has 1 saturated heterocycles. The fraction of sp³-hybridized carbons (Fsp3) is 0.429. The van der Waals surface area contributed by atoms with Gasteiger partial charge in [0.1, 0.15) is 6.04 Å². The lowest BCUT2D eigenvalue weighted by Crippen LogP contribution is -2.47. The third kappa shape index (κ3) is 3.45. The number of aliphatic carboxylic acids is 1. The zero-order valence-electron chi connectivity index (χ0n) is 11.3. The number of urea groups is 1. The maximum Gasteiger partial charge on any atom is 0.327 e. The Kier molecular flexibility index (Phi) is 4.89. The zero-order valence-corrected chi connectivity index (χ0v) is 12.1. The van der Waals surface area contributed by atoms with Crippen molar-refractivity contribution in [3.8, 4) is 0 Å². The van der Waals surface area contributed by atoms with E-state index in [-0.39, 0.29) is 11.9 Å². The molecule has 2 amide bonds. The molecule has 1 heterocycles. The van der Waals surface area contributed by atoms with E-state index in [1.807, 2.05) is 37.3 Å². The fourth-order valence-corrected chi connectivity index (χ4v) is 3.23. The number of nitrogens with one attached hydrogen (secondary N) is 1. The Labute approximate surface area is 122 Å². The van der Waals surface area contributed by atoms with Crippen LogP contribution in [0.4, 0.5) is 4.79 Å². The number of nitrogens with zero attached hydrogens (tertiary/aromatic N) is 1. The topological polar surface area (TPSA) is 69.6 Å². The van der Waals surface area contributed by atoms with Gasteiger partial charge in [-0.25, -0.2) is 9.59 Å². The Morgan fingerprint density at radius 2 is 2.15 bits per heavy atom. The standard InChI is InChI=1S/C14H18N2O3S/c1-10(11-5-3-2-4-6-11)7-15-14(19)16-9-20-8-12(16)13(17)18/h2-6,10,12H,7-9H2,1H3,(H,15,19)(H,17,18)/t10?,12-/m0/s1. The Bertz CT molecular complexity index is 481. The van der Waals surface area contributed by atoms with Crippen molar-refractivity contribution in [2.45, 2.75) is 18.9 Å². The molecule has 6 heteroatoms. The first-order valence-corrected chi connectivity index (χ1v) is 7.65. The number of thioether (sulfide) groups is 1. The van der Waals surface area contributed by atoms with Gasteiger partial charge in [-0.05, 0) is 11.5 Å². The quantitative estimate of drug-likeness (QED) is 0.890. The molecule has 5 nitrogen and oxygen atoms in total. The van der Waals surface area contributed by atoms with Crippen LogP contribution in [0.5, 0.6) is 0 Å². The predicted octanol–water partition coefficient (Wildman–Crippen LogP) is 1.96. The normalized spacial score (nSPS) is 19.6. The summed E-state index contributed by atoms with van der Waals surface area (Å²) in [4.78, 5) is 24.5. The summed E-state index contributed by atoms with van der Waals surface area (Å²) in [5, 5.41) is 11.9. The molecule has 0 aliphatic carbocycles. The van der Waals surface area contributed by atoms with Gasteiger partial charge in [-0.2, -0.15) is 0 Å². The highest BCUT2D eigenvalue weighted by molar-refractivity contribution is 7.99. The van der Waals surface area contributed by atoms with Gasteiger partial charge in [-0.1, -0.05) is 37.3 Å². The van der Waals surface area contributed by atoms with Gasteiger partial charge in [-0.15, -0.1) is 11.8 Å². The van der Waals surface area contributed by atoms with Gasteiger partial charge in [0.05, 0.1) is 5.88 Å². The van der Waals surface area contributed by atoms with E-state index in [0.717, 1.165) is 5.56 Å². The molecule has 1 fully saturated rings. The van der Waals surface area contributed by atoms with Crippen molar-refractivity contribution < 1.29 is 14.7 Å². The van der Waals surface area contributed by atoms with Gasteiger partial charge < -0.3 is 15.3 Å². The molecule has 0 aromatic heterocycles. The lowest BCUT2D eigenvalue weighted by molar-refractivity contribution is -0.140. The van der Waals surface area contributed by atoms with Crippen molar-refractivity contribution >= 4 is 23.8 Å². The Hall–Kier alpha value is -1.69. The van der Waals surface area contributed by atoms with Gasteiger partial charge >= 0.3 is 12.0 Å². The van der Waals surface area contributed by atoms with Crippen LogP contribution in [0.2, 0.25) is 0 Å². The Balaban J connectivity index is 1.87. The highest BCUT2D eigenvalue weighted by atomic mass is 32.2. The number of carbonyl (C=O) groups is 2. The minimum Gasteiger partial charge on any atom is -0.480 e. The summed E-state index contributed by atoms with van der Waals surface area (Å²) in [5.41, 5.74) is 1.15. The molecule has 0 spiro atoms. The van der Waals surface area contributed by atoms with Crippen LogP contribution in [0.15, 0.2) is 30.3 Å². The van der Waals surface area contributed by atoms with Crippen molar-refractivity contribution in [3.05, 3.63) is 35.9 Å². The maximum absolute atomic E-state index is 12.0. The molecular formula is C14H18N2O3S. The molecule has 1 aromatic rings. The molecule has 0 saturated carbocycles. The van der Waals surface area contributed by atoms with Crippen LogP contribution in [0.25, 0.3) is 0 Å². The van der Waals surface area contributed by atoms with E-state index < -0.39 is 12.0 Å². The fourth-order valence-electron chi connectivity index (χ4n) is 2.09. The van der Waals surface area contributed by atoms with Crippen LogP contribution >= 0.6 is 11.8 Å². The molecular weight excluding hydrogens is 276 g/mol.